The fourth-order valence-corrected chi connectivity index (χ4v) is 1.54. The van der Waals surface area contributed by atoms with Gasteiger partial charge in [-0.05, 0) is 36.8 Å². The molecular formula is C14H11FO3. The van der Waals surface area contributed by atoms with Crippen molar-refractivity contribution in [3.8, 4) is 11.5 Å². The molecule has 1 N–H and O–H groups in total. The van der Waals surface area contributed by atoms with Crippen molar-refractivity contribution in [1.29, 1.82) is 0 Å². The van der Waals surface area contributed by atoms with E-state index in [1.54, 1.807) is 25.1 Å². The predicted molar refractivity (Wildman–Crippen MR) is 64.6 cm³/mol. The summed E-state index contributed by atoms with van der Waals surface area (Å²) in [7, 11) is 0. The Balaban J connectivity index is 2.40. The third-order valence-corrected chi connectivity index (χ3v) is 2.42. The molecule has 92 valence electrons. The Morgan fingerprint density at radius 1 is 1.17 bits per heavy atom. The van der Waals surface area contributed by atoms with E-state index >= 15 is 0 Å². The largest absolute Gasteiger partial charge is 0.478 e. The Labute approximate surface area is 103 Å². The van der Waals surface area contributed by atoms with Crippen molar-refractivity contribution >= 4 is 5.97 Å². The zero-order valence-electron chi connectivity index (χ0n) is 9.68. The number of carboxylic acids is 1. The monoisotopic (exact) mass is 246 g/mol. The summed E-state index contributed by atoms with van der Waals surface area (Å²) in [4.78, 5) is 11.0. The van der Waals surface area contributed by atoms with Gasteiger partial charge in [0.1, 0.15) is 11.3 Å². The molecule has 0 aliphatic carbocycles. The van der Waals surface area contributed by atoms with Gasteiger partial charge in [0.2, 0.25) is 0 Å². The Kier molecular flexibility index (Phi) is 3.28. The summed E-state index contributed by atoms with van der Waals surface area (Å²) >= 11 is 0. The normalized spacial score (nSPS) is 10.1. The maximum Gasteiger partial charge on any atom is 0.339 e. The van der Waals surface area contributed by atoms with Crippen molar-refractivity contribution in [3.63, 3.8) is 0 Å². The van der Waals surface area contributed by atoms with Gasteiger partial charge in [0.15, 0.2) is 11.6 Å². The molecule has 0 fully saturated rings. The van der Waals surface area contributed by atoms with Crippen LogP contribution in [0.1, 0.15) is 15.9 Å². The standard InChI is InChI=1S/C14H11FO3/c1-9-6-7-11(15)13(8-9)18-12-5-3-2-4-10(12)14(16)17/h2-8H,1H3,(H,16,17). The van der Waals surface area contributed by atoms with Crippen LogP contribution in [0.4, 0.5) is 4.39 Å². The van der Waals surface area contributed by atoms with Gasteiger partial charge in [0, 0.05) is 0 Å². The highest BCUT2D eigenvalue weighted by Crippen LogP contribution is 2.28. The zero-order valence-corrected chi connectivity index (χ0v) is 9.68. The van der Waals surface area contributed by atoms with Crippen LogP contribution in [0.25, 0.3) is 0 Å². The van der Waals surface area contributed by atoms with Crippen molar-refractivity contribution in [3.05, 3.63) is 59.4 Å². The molecule has 4 heteroatoms. The van der Waals surface area contributed by atoms with Gasteiger partial charge in [-0.2, -0.15) is 0 Å². The number of aromatic carboxylic acids is 1. The summed E-state index contributed by atoms with van der Waals surface area (Å²) in [6.07, 6.45) is 0. The fourth-order valence-electron chi connectivity index (χ4n) is 1.54. The molecular weight excluding hydrogens is 235 g/mol. The van der Waals surface area contributed by atoms with Crippen molar-refractivity contribution in [2.75, 3.05) is 0 Å². The molecule has 2 aromatic carbocycles. The number of ether oxygens (including phenoxy) is 1. The van der Waals surface area contributed by atoms with Crippen LogP contribution in [-0.4, -0.2) is 11.1 Å². The maximum atomic E-state index is 13.5. The molecule has 18 heavy (non-hydrogen) atoms. The highest BCUT2D eigenvalue weighted by Gasteiger charge is 2.12. The fraction of sp³-hybridized carbons (Fsp3) is 0.0714. The molecule has 2 rings (SSSR count). The van der Waals surface area contributed by atoms with E-state index in [-0.39, 0.29) is 17.1 Å². The summed E-state index contributed by atoms with van der Waals surface area (Å²) in [6, 6.07) is 10.5. The van der Waals surface area contributed by atoms with E-state index in [1.807, 2.05) is 0 Å². The second kappa shape index (κ2) is 4.87. The molecule has 0 heterocycles. The number of benzene rings is 2. The van der Waals surface area contributed by atoms with Gasteiger partial charge in [-0.1, -0.05) is 18.2 Å². The number of para-hydroxylation sites is 1. The Hall–Kier alpha value is -2.36. The first kappa shape index (κ1) is 12.1. The topological polar surface area (TPSA) is 46.5 Å². The molecule has 0 saturated carbocycles. The van der Waals surface area contributed by atoms with E-state index in [4.69, 9.17) is 9.84 Å². The van der Waals surface area contributed by atoms with Gasteiger partial charge in [0.05, 0.1) is 0 Å². The predicted octanol–water partition coefficient (Wildman–Crippen LogP) is 3.62. The molecule has 0 aromatic heterocycles. The van der Waals surface area contributed by atoms with Crippen LogP contribution in [0.3, 0.4) is 0 Å². The lowest BCUT2D eigenvalue weighted by Gasteiger charge is -2.09. The summed E-state index contributed by atoms with van der Waals surface area (Å²) < 4.78 is 18.8. The minimum absolute atomic E-state index is 0.00148. The Morgan fingerprint density at radius 2 is 1.89 bits per heavy atom. The first-order valence-electron chi connectivity index (χ1n) is 5.34. The summed E-state index contributed by atoms with van der Waals surface area (Å²) in [5.41, 5.74) is 0.831. The van der Waals surface area contributed by atoms with Crippen LogP contribution in [0.5, 0.6) is 11.5 Å². The van der Waals surface area contributed by atoms with Crippen LogP contribution in [0.2, 0.25) is 0 Å². The van der Waals surface area contributed by atoms with Crippen LogP contribution in [0, 0.1) is 12.7 Å². The van der Waals surface area contributed by atoms with Crippen molar-refractivity contribution in [2.24, 2.45) is 0 Å². The quantitative estimate of drug-likeness (QED) is 0.899. The van der Waals surface area contributed by atoms with Gasteiger partial charge < -0.3 is 9.84 Å². The number of hydrogen-bond acceptors (Lipinski definition) is 2. The summed E-state index contributed by atoms with van der Waals surface area (Å²) in [5, 5.41) is 8.99. The SMILES string of the molecule is Cc1ccc(F)c(Oc2ccccc2C(=O)O)c1. The molecule has 0 aliphatic heterocycles. The minimum Gasteiger partial charge on any atom is -0.478 e. The van der Waals surface area contributed by atoms with Crippen molar-refractivity contribution in [2.45, 2.75) is 6.92 Å². The smallest absolute Gasteiger partial charge is 0.339 e. The number of aryl methyl sites for hydroxylation is 1. The van der Waals surface area contributed by atoms with E-state index < -0.39 is 11.8 Å². The van der Waals surface area contributed by atoms with E-state index in [1.165, 1.54) is 24.3 Å². The minimum atomic E-state index is -1.11. The lowest BCUT2D eigenvalue weighted by molar-refractivity contribution is 0.0694. The molecule has 2 aromatic rings. The van der Waals surface area contributed by atoms with Gasteiger partial charge in [-0.15, -0.1) is 0 Å². The zero-order chi connectivity index (χ0) is 13.1. The number of carboxylic acid groups (broad SMARTS) is 1. The third kappa shape index (κ3) is 2.48. The van der Waals surface area contributed by atoms with Crippen LogP contribution >= 0.6 is 0 Å². The average molecular weight is 246 g/mol. The second-order valence-corrected chi connectivity index (χ2v) is 3.84. The molecule has 0 radical (unpaired) electrons. The maximum absolute atomic E-state index is 13.5. The van der Waals surface area contributed by atoms with E-state index in [9.17, 15) is 9.18 Å². The number of halogens is 1. The molecule has 0 aliphatic rings. The van der Waals surface area contributed by atoms with Crippen LogP contribution < -0.4 is 4.74 Å². The van der Waals surface area contributed by atoms with Crippen molar-refractivity contribution in [1.82, 2.24) is 0 Å². The number of hydrogen-bond donors (Lipinski definition) is 1. The Bertz CT molecular complexity index is 593. The average Bonchev–Trinajstić information content (AvgIpc) is 2.34. The van der Waals surface area contributed by atoms with Crippen LogP contribution in [0.15, 0.2) is 42.5 Å². The van der Waals surface area contributed by atoms with Gasteiger partial charge in [-0.3, -0.25) is 0 Å². The highest BCUT2D eigenvalue weighted by molar-refractivity contribution is 5.90. The molecule has 0 saturated heterocycles. The molecule has 0 bridgehead atoms. The first-order valence-corrected chi connectivity index (χ1v) is 5.34. The number of carbonyl (C=O) groups is 1. The van der Waals surface area contributed by atoms with Gasteiger partial charge in [0.25, 0.3) is 0 Å². The molecule has 0 spiro atoms. The van der Waals surface area contributed by atoms with E-state index in [0.717, 1.165) is 5.56 Å². The third-order valence-electron chi connectivity index (χ3n) is 2.42. The first-order chi connectivity index (χ1) is 8.58. The lowest BCUT2D eigenvalue weighted by Crippen LogP contribution is -2.00. The summed E-state index contributed by atoms with van der Waals surface area (Å²) in [6.45, 7) is 1.80. The molecule has 0 unspecified atom stereocenters. The lowest BCUT2D eigenvalue weighted by atomic mass is 10.2. The molecule has 3 nitrogen and oxygen atoms in total. The van der Waals surface area contributed by atoms with E-state index in [2.05, 4.69) is 0 Å². The Morgan fingerprint density at radius 3 is 2.61 bits per heavy atom. The highest BCUT2D eigenvalue weighted by atomic mass is 19.1. The van der Waals surface area contributed by atoms with Crippen molar-refractivity contribution < 1.29 is 19.0 Å². The van der Waals surface area contributed by atoms with Crippen LogP contribution in [-0.2, 0) is 0 Å². The van der Waals surface area contributed by atoms with Gasteiger partial charge in [-0.25, -0.2) is 9.18 Å². The van der Waals surface area contributed by atoms with E-state index in [0.29, 0.717) is 0 Å². The summed E-state index contributed by atoms with van der Waals surface area (Å²) in [5.74, 6) is -1.50. The molecule has 0 atom stereocenters. The van der Waals surface area contributed by atoms with Gasteiger partial charge >= 0.3 is 5.97 Å². The second-order valence-electron chi connectivity index (χ2n) is 3.84. The molecule has 0 amide bonds. The number of rotatable bonds is 3.